The second-order valence-electron chi connectivity index (χ2n) is 7.57. The Bertz CT molecular complexity index is 617. The molecule has 0 aromatic heterocycles. The summed E-state index contributed by atoms with van der Waals surface area (Å²) in [5, 5.41) is 0.685. The molecule has 1 saturated carbocycles. The summed E-state index contributed by atoms with van der Waals surface area (Å²) in [7, 11) is 0. The number of halogens is 1. The molecule has 3 atom stereocenters. The Morgan fingerprint density at radius 2 is 1.89 bits per heavy atom. The summed E-state index contributed by atoms with van der Waals surface area (Å²) < 4.78 is 10.7. The minimum atomic E-state index is -0.446. The Labute approximate surface area is 171 Å². The van der Waals surface area contributed by atoms with Gasteiger partial charge in [0, 0.05) is 15.7 Å². The van der Waals surface area contributed by atoms with Crippen LogP contribution in [0.5, 0.6) is 0 Å². The molecule has 1 fully saturated rings. The third-order valence-corrected chi connectivity index (χ3v) is 6.25. The van der Waals surface area contributed by atoms with Crippen LogP contribution in [0, 0.1) is 17.8 Å². The number of rotatable bonds is 8. The summed E-state index contributed by atoms with van der Waals surface area (Å²) in [5.74, 6) is 1.18. The van der Waals surface area contributed by atoms with E-state index in [4.69, 9.17) is 21.1 Å². The number of carbonyl (C=O) groups excluding carboxylic acids is 2. The number of hydrogen-bond donors (Lipinski definition) is 0. The predicted molar refractivity (Wildman–Crippen MR) is 109 cm³/mol. The molecule has 0 amide bonds. The van der Waals surface area contributed by atoms with Gasteiger partial charge in [0.05, 0.1) is 6.42 Å². The van der Waals surface area contributed by atoms with Crippen molar-refractivity contribution in [2.75, 3.05) is 12.4 Å². The number of ether oxygens (including phenoxy) is 2. The van der Waals surface area contributed by atoms with Crippen LogP contribution in [0.15, 0.2) is 29.2 Å². The summed E-state index contributed by atoms with van der Waals surface area (Å²) in [6.07, 6.45) is 3.33. The Morgan fingerprint density at radius 3 is 2.56 bits per heavy atom. The monoisotopic (exact) mass is 412 g/mol. The van der Waals surface area contributed by atoms with Gasteiger partial charge >= 0.3 is 11.9 Å². The van der Waals surface area contributed by atoms with E-state index < -0.39 is 5.97 Å². The molecule has 1 aliphatic carbocycles. The molecular formula is C21H29ClO4S. The summed E-state index contributed by atoms with van der Waals surface area (Å²) in [6, 6.07) is 7.45. The van der Waals surface area contributed by atoms with Gasteiger partial charge in [-0.25, -0.2) is 4.79 Å². The molecule has 0 spiro atoms. The lowest BCUT2D eigenvalue weighted by molar-refractivity contribution is -0.167. The minimum Gasteiger partial charge on any atom is -0.460 e. The highest BCUT2D eigenvalue weighted by Crippen LogP contribution is 2.35. The molecule has 0 N–H and O–H groups in total. The summed E-state index contributed by atoms with van der Waals surface area (Å²) in [6.45, 7) is 6.22. The van der Waals surface area contributed by atoms with Crippen molar-refractivity contribution in [2.45, 2.75) is 57.5 Å². The molecule has 27 heavy (non-hydrogen) atoms. The molecule has 2 rings (SSSR count). The molecule has 0 saturated heterocycles. The Hall–Kier alpha value is -1.20. The zero-order valence-corrected chi connectivity index (χ0v) is 17.9. The van der Waals surface area contributed by atoms with Crippen molar-refractivity contribution in [1.29, 1.82) is 0 Å². The van der Waals surface area contributed by atoms with E-state index in [1.165, 1.54) is 6.42 Å². The van der Waals surface area contributed by atoms with Crippen LogP contribution in [0.2, 0.25) is 5.02 Å². The molecule has 0 aliphatic heterocycles. The number of benzene rings is 1. The van der Waals surface area contributed by atoms with Crippen LogP contribution in [0.3, 0.4) is 0 Å². The first-order valence-electron chi connectivity index (χ1n) is 9.58. The van der Waals surface area contributed by atoms with Crippen molar-refractivity contribution < 1.29 is 19.1 Å². The minimum absolute atomic E-state index is 0.0691. The van der Waals surface area contributed by atoms with Gasteiger partial charge in [-0.3, -0.25) is 4.79 Å². The Balaban J connectivity index is 1.67. The quantitative estimate of drug-likeness (QED) is 0.424. The summed E-state index contributed by atoms with van der Waals surface area (Å²) in [4.78, 5) is 25.0. The van der Waals surface area contributed by atoms with Gasteiger partial charge in [-0.05, 0) is 54.9 Å². The molecule has 1 aromatic carbocycles. The smallest absolute Gasteiger partial charge is 0.344 e. The molecule has 1 aliphatic rings. The average Bonchev–Trinajstić information content (AvgIpc) is 2.61. The van der Waals surface area contributed by atoms with Crippen LogP contribution in [0.25, 0.3) is 0 Å². The highest BCUT2D eigenvalue weighted by molar-refractivity contribution is 7.99. The van der Waals surface area contributed by atoms with E-state index in [0.717, 1.165) is 17.7 Å². The summed E-state index contributed by atoms with van der Waals surface area (Å²) >= 11 is 7.39. The molecule has 1 aromatic rings. The molecular weight excluding hydrogens is 384 g/mol. The van der Waals surface area contributed by atoms with Crippen LogP contribution in [0.1, 0.15) is 46.5 Å². The maximum Gasteiger partial charge on any atom is 0.344 e. The van der Waals surface area contributed by atoms with Crippen molar-refractivity contribution in [1.82, 2.24) is 0 Å². The molecule has 150 valence electrons. The van der Waals surface area contributed by atoms with E-state index in [2.05, 4.69) is 20.8 Å². The second kappa shape index (κ2) is 11.0. The fourth-order valence-corrected chi connectivity index (χ4v) is 4.41. The highest BCUT2D eigenvalue weighted by Gasteiger charge is 2.33. The highest BCUT2D eigenvalue weighted by atomic mass is 35.5. The first-order chi connectivity index (χ1) is 12.8. The molecule has 0 radical (unpaired) electrons. The normalized spacial score (nSPS) is 22.5. The van der Waals surface area contributed by atoms with Gasteiger partial charge in [0.25, 0.3) is 0 Å². The van der Waals surface area contributed by atoms with Gasteiger partial charge in [0.2, 0.25) is 0 Å². The predicted octanol–water partition coefficient (Wildman–Crippen LogP) is 5.37. The fourth-order valence-electron chi connectivity index (χ4n) is 3.45. The van der Waals surface area contributed by atoms with E-state index in [0.29, 0.717) is 28.5 Å². The van der Waals surface area contributed by atoms with Gasteiger partial charge in [-0.2, -0.15) is 0 Å². The van der Waals surface area contributed by atoms with Crippen molar-refractivity contribution in [2.24, 2.45) is 17.8 Å². The average molecular weight is 413 g/mol. The standard InChI is InChI=1S/C21H29ClO4S/c1-14(2)18-9-4-15(3)12-19(18)26-21(24)13-25-20(23)10-11-27-17-7-5-16(22)6-8-17/h5-8,14-15,18-19H,4,9-13H2,1-3H3/t15-,18+,19-/m1/s1. The first-order valence-corrected chi connectivity index (χ1v) is 10.9. The number of thioether (sulfide) groups is 1. The van der Waals surface area contributed by atoms with Crippen molar-refractivity contribution in [3.8, 4) is 0 Å². The second-order valence-corrected chi connectivity index (χ2v) is 9.17. The lowest BCUT2D eigenvalue weighted by atomic mass is 9.75. The van der Waals surface area contributed by atoms with Crippen molar-refractivity contribution in [3.63, 3.8) is 0 Å². The molecule has 6 heteroatoms. The SMILES string of the molecule is CC(C)[C@@H]1CC[C@@H](C)C[C@H]1OC(=O)COC(=O)CCSc1ccc(Cl)cc1. The topological polar surface area (TPSA) is 52.6 Å². The lowest BCUT2D eigenvalue weighted by Crippen LogP contribution is -2.36. The van der Waals surface area contributed by atoms with Gasteiger partial charge < -0.3 is 9.47 Å². The maximum atomic E-state index is 12.1. The van der Waals surface area contributed by atoms with Crippen LogP contribution in [-0.4, -0.2) is 30.4 Å². The van der Waals surface area contributed by atoms with Gasteiger partial charge in [0.1, 0.15) is 6.10 Å². The van der Waals surface area contributed by atoms with Crippen LogP contribution in [0.4, 0.5) is 0 Å². The van der Waals surface area contributed by atoms with Gasteiger partial charge in [-0.1, -0.05) is 38.8 Å². The zero-order chi connectivity index (χ0) is 19.8. The van der Waals surface area contributed by atoms with E-state index in [9.17, 15) is 9.59 Å². The molecule has 0 heterocycles. The zero-order valence-electron chi connectivity index (χ0n) is 16.3. The van der Waals surface area contributed by atoms with Gasteiger partial charge in [0.15, 0.2) is 6.61 Å². The number of carbonyl (C=O) groups is 2. The lowest BCUT2D eigenvalue weighted by Gasteiger charge is -2.36. The van der Waals surface area contributed by atoms with Crippen LogP contribution < -0.4 is 0 Å². The largest absolute Gasteiger partial charge is 0.460 e. The van der Waals surface area contributed by atoms with Crippen molar-refractivity contribution in [3.05, 3.63) is 29.3 Å². The third kappa shape index (κ3) is 7.74. The van der Waals surface area contributed by atoms with Crippen LogP contribution in [-0.2, 0) is 19.1 Å². The molecule has 0 unspecified atom stereocenters. The Morgan fingerprint density at radius 1 is 1.19 bits per heavy atom. The molecule has 0 bridgehead atoms. The third-order valence-electron chi connectivity index (χ3n) is 4.98. The van der Waals surface area contributed by atoms with Crippen LogP contribution >= 0.6 is 23.4 Å². The fraction of sp³-hybridized carbons (Fsp3) is 0.619. The summed E-state index contributed by atoms with van der Waals surface area (Å²) in [5.41, 5.74) is 0. The van der Waals surface area contributed by atoms with E-state index in [1.807, 2.05) is 24.3 Å². The van der Waals surface area contributed by atoms with E-state index >= 15 is 0 Å². The van der Waals surface area contributed by atoms with Crippen molar-refractivity contribution >= 4 is 35.3 Å². The maximum absolute atomic E-state index is 12.1. The van der Waals surface area contributed by atoms with E-state index in [-0.39, 0.29) is 25.1 Å². The molecule has 4 nitrogen and oxygen atoms in total. The van der Waals surface area contributed by atoms with E-state index in [1.54, 1.807) is 11.8 Å². The number of hydrogen-bond acceptors (Lipinski definition) is 5. The Kier molecular flexibility index (Phi) is 8.97. The first kappa shape index (κ1) is 22.1. The van der Waals surface area contributed by atoms with Gasteiger partial charge in [-0.15, -0.1) is 11.8 Å². The number of esters is 2.